The van der Waals surface area contributed by atoms with Gasteiger partial charge in [-0.05, 0) is 36.8 Å². The Balaban J connectivity index is 1.65. The molecule has 0 bridgehead atoms. The average Bonchev–Trinajstić information content (AvgIpc) is 3.25. The average molecular weight is 436 g/mol. The predicted molar refractivity (Wildman–Crippen MR) is 116 cm³/mol. The van der Waals surface area contributed by atoms with E-state index in [-0.39, 0.29) is 28.8 Å². The number of carbonyl (C=O) groups is 1. The first-order valence-electron chi connectivity index (χ1n) is 9.50. The fourth-order valence-electron chi connectivity index (χ4n) is 2.81. The van der Waals surface area contributed by atoms with E-state index < -0.39 is 15.9 Å². The van der Waals surface area contributed by atoms with Gasteiger partial charge >= 0.3 is 0 Å². The largest absolute Gasteiger partial charge is 0.460 e. The third kappa shape index (κ3) is 5.92. The van der Waals surface area contributed by atoms with Crippen LogP contribution in [0.4, 0.5) is 0 Å². The monoisotopic (exact) mass is 435 g/mol. The van der Waals surface area contributed by atoms with Crippen LogP contribution >= 0.6 is 0 Å². The van der Waals surface area contributed by atoms with Gasteiger partial charge in [0.15, 0.2) is 0 Å². The Morgan fingerprint density at radius 1 is 1.06 bits per heavy atom. The minimum Gasteiger partial charge on any atom is -0.460 e. The number of hydrogen-bond donors (Lipinski definition) is 2. The number of rotatable bonds is 8. The Morgan fingerprint density at radius 2 is 1.71 bits per heavy atom. The van der Waals surface area contributed by atoms with Crippen LogP contribution in [0.25, 0.3) is 6.08 Å². The van der Waals surface area contributed by atoms with Crippen molar-refractivity contribution in [2.45, 2.75) is 24.4 Å². The second-order valence-corrected chi connectivity index (χ2v) is 8.48. The molecule has 2 N–H and O–H groups in total. The summed E-state index contributed by atoms with van der Waals surface area (Å²) in [6.07, 6.45) is 1.32. The van der Waals surface area contributed by atoms with Crippen molar-refractivity contribution < 1.29 is 17.6 Å². The molecule has 31 heavy (non-hydrogen) atoms. The first kappa shape index (κ1) is 22.0. The second-order valence-electron chi connectivity index (χ2n) is 6.72. The molecular weight excluding hydrogens is 414 g/mol. The molecule has 8 heteroatoms. The minimum absolute atomic E-state index is 0.0653. The molecule has 1 aromatic heterocycles. The summed E-state index contributed by atoms with van der Waals surface area (Å²) < 4.78 is 32.6. The van der Waals surface area contributed by atoms with Gasteiger partial charge in [0.25, 0.3) is 5.91 Å². The fourth-order valence-corrected chi connectivity index (χ4v) is 3.82. The maximum Gasteiger partial charge on any atom is 0.262 e. The molecule has 1 heterocycles. The van der Waals surface area contributed by atoms with Crippen molar-refractivity contribution in [1.29, 1.82) is 5.26 Å². The zero-order chi connectivity index (χ0) is 22.3. The topological polar surface area (TPSA) is 112 Å². The van der Waals surface area contributed by atoms with Crippen molar-refractivity contribution in [2.75, 3.05) is 0 Å². The van der Waals surface area contributed by atoms with Crippen LogP contribution in [0.2, 0.25) is 0 Å². The van der Waals surface area contributed by atoms with Gasteiger partial charge in [0.1, 0.15) is 23.2 Å². The Morgan fingerprint density at radius 3 is 2.35 bits per heavy atom. The highest BCUT2D eigenvalue weighted by atomic mass is 32.2. The molecule has 0 aliphatic heterocycles. The summed E-state index contributed by atoms with van der Waals surface area (Å²) >= 11 is 0. The van der Waals surface area contributed by atoms with E-state index in [4.69, 9.17) is 4.42 Å². The summed E-state index contributed by atoms with van der Waals surface area (Å²) in [6.45, 7) is 1.76. The second kappa shape index (κ2) is 9.89. The number of benzene rings is 2. The van der Waals surface area contributed by atoms with E-state index in [0.29, 0.717) is 5.76 Å². The zero-order valence-electron chi connectivity index (χ0n) is 16.8. The standard InChI is InChI=1S/C23H21N3O4S/c1-17(18-8-4-2-5-9-18)26-23(27)19(15-24)14-20-12-13-21(30-20)16-25-31(28,29)22-10-6-3-7-11-22/h2-14,17,25H,16H2,1H3,(H,26,27)/b19-14-/t17-/m0/s1. The molecule has 0 unspecified atom stereocenters. The summed E-state index contributed by atoms with van der Waals surface area (Å²) in [5.74, 6) is 0.0932. The lowest BCUT2D eigenvalue weighted by atomic mass is 10.1. The maximum absolute atomic E-state index is 12.4. The lowest BCUT2D eigenvalue weighted by Crippen LogP contribution is -2.27. The van der Waals surface area contributed by atoms with Gasteiger partial charge in [0, 0.05) is 6.08 Å². The lowest BCUT2D eigenvalue weighted by Gasteiger charge is -2.13. The number of hydrogen-bond acceptors (Lipinski definition) is 5. The highest BCUT2D eigenvalue weighted by Gasteiger charge is 2.16. The smallest absolute Gasteiger partial charge is 0.262 e. The third-order valence-corrected chi connectivity index (χ3v) is 5.89. The molecule has 2 aromatic carbocycles. The number of sulfonamides is 1. The Bertz CT molecular complexity index is 1210. The van der Waals surface area contributed by atoms with Crippen molar-refractivity contribution in [1.82, 2.24) is 10.0 Å². The van der Waals surface area contributed by atoms with Crippen molar-refractivity contribution in [3.63, 3.8) is 0 Å². The Labute approximate surface area is 181 Å². The zero-order valence-corrected chi connectivity index (χ0v) is 17.6. The summed E-state index contributed by atoms with van der Waals surface area (Å²) in [5.41, 5.74) is 0.799. The van der Waals surface area contributed by atoms with Crippen LogP contribution in [0.3, 0.4) is 0 Å². The van der Waals surface area contributed by atoms with Crippen molar-refractivity contribution in [3.05, 3.63) is 95.5 Å². The predicted octanol–water partition coefficient (Wildman–Crippen LogP) is 3.54. The minimum atomic E-state index is -3.67. The van der Waals surface area contributed by atoms with Gasteiger partial charge in [0.2, 0.25) is 10.0 Å². The Kier molecular flexibility index (Phi) is 7.03. The molecule has 3 aromatic rings. The van der Waals surface area contributed by atoms with Crippen LogP contribution in [0.5, 0.6) is 0 Å². The van der Waals surface area contributed by atoms with Gasteiger partial charge in [0.05, 0.1) is 17.5 Å². The number of nitrogens with one attached hydrogen (secondary N) is 2. The van der Waals surface area contributed by atoms with Crippen LogP contribution in [-0.4, -0.2) is 14.3 Å². The number of amides is 1. The molecule has 1 amide bonds. The van der Waals surface area contributed by atoms with E-state index in [1.54, 1.807) is 30.3 Å². The van der Waals surface area contributed by atoms with Gasteiger partial charge in [-0.2, -0.15) is 5.26 Å². The van der Waals surface area contributed by atoms with Crippen LogP contribution < -0.4 is 10.0 Å². The summed E-state index contributed by atoms with van der Waals surface area (Å²) in [4.78, 5) is 12.6. The van der Waals surface area contributed by atoms with Crippen molar-refractivity contribution in [3.8, 4) is 6.07 Å². The SMILES string of the molecule is C[C@H](NC(=O)/C(C#N)=C\c1ccc(CNS(=O)(=O)c2ccccc2)o1)c1ccccc1. The number of carbonyl (C=O) groups excluding carboxylic acids is 1. The maximum atomic E-state index is 12.4. The van der Waals surface area contributed by atoms with Crippen LogP contribution in [0, 0.1) is 11.3 Å². The molecule has 0 spiro atoms. The molecule has 7 nitrogen and oxygen atoms in total. The molecule has 0 aliphatic carbocycles. The first-order chi connectivity index (χ1) is 14.9. The number of nitrogens with zero attached hydrogens (tertiary/aromatic N) is 1. The quantitative estimate of drug-likeness (QED) is 0.415. The Hall–Kier alpha value is -3.67. The normalized spacial score (nSPS) is 12.7. The van der Waals surface area contributed by atoms with Gasteiger partial charge in [-0.1, -0.05) is 48.5 Å². The van der Waals surface area contributed by atoms with Crippen LogP contribution in [-0.2, 0) is 21.4 Å². The van der Waals surface area contributed by atoms with E-state index in [9.17, 15) is 18.5 Å². The van der Waals surface area contributed by atoms with E-state index in [0.717, 1.165) is 5.56 Å². The highest BCUT2D eigenvalue weighted by Crippen LogP contribution is 2.16. The van der Waals surface area contributed by atoms with Crippen LogP contribution in [0.15, 0.2) is 87.7 Å². The van der Waals surface area contributed by atoms with E-state index >= 15 is 0 Å². The molecule has 0 fully saturated rings. The van der Waals surface area contributed by atoms with Crippen molar-refractivity contribution in [2.24, 2.45) is 0 Å². The number of nitriles is 1. The highest BCUT2D eigenvalue weighted by molar-refractivity contribution is 7.89. The van der Waals surface area contributed by atoms with Crippen LogP contribution in [0.1, 0.15) is 30.0 Å². The summed E-state index contributed by atoms with van der Waals surface area (Å²) in [6, 6.07) is 22.1. The van der Waals surface area contributed by atoms with Gasteiger partial charge in [-0.15, -0.1) is 0 Å². The van der Waals surface area contributed by atoms with Gasteiger partial charge < -0.3 is 9.73 Å². The summed E-state index contributed by atoms with van der Waals surface area (Å²) in [7, 11) is -3.67. The number of furan rings is 1. The van der Waals surface area contributed by atoms with Gasteiger partial charge in [-0.3, -0.25) is 4.79 Å². The van der Waals surface area contributed by atoms with Gasteiger partial charge in [-0.25, -0.2) is 13.1 Å². The van der Waals surface area contributed by atoms with E-state index in [1.807, 2.05) is 43.3 Å². The van der Waals surface area contributed by atoms with Crippen molar-refractivity contribution >= 4 is 22.0 Å². The molecule has 0 radical (unpaired) electrons. The fraction of sp³-hybridized carbons (Fsp3) is 0.130. The molecular formula is C23H21N3O4S. The molecule has 1 atom stereocenters. The molecule has 0 saturated heterocycles. The molecule has 3 rings (SSSR count). The molecule has 0 aliphatic rings. The third-order valence-electron chi connectivity index (χ3n) is 4.47. The molecule has 0 saturated carbocycles. The van der Waals surface area contributed by atoms with E-state index in [1.165, 1.54) is 18.2 Å². The summed E-state index contributed by atoms with van der Waals surface area (Å²) in [5, 5.41) is 12.1. The lowest BCUT2D eigenvalue weighted by molar-refractivity contribution is -0.117. The first-order valence-corrected chi connectivity index (χ1v) is 11.0. The van der Waals surface area contributed by atoms with E-state index in [2.05, 4.69) is 10.0 Å². The molecule has 158 valence electrons.